The minimum Gasteiger partial charge on any atom is -0.325 e. The first-order valence-corrected chi connectivity index (χ1v) is 7.83. The van der Waals surface area contributed by atoms with E-state index < -0.39 is 4.92 Å². The number of carbonyl (C=O) groups excluding carboxylic acids is 1. The number of nitrogens with zero attached hydrogens (tertiary/aromatic N) is 1. The van der Waals surface area contributed by atoms with Gasteiger partial charge in [0.05, 0.1) is 10.6 Å². The molecule has 7 heteroatoms. The first-order chi connectivity index (χ1) is 10.1. The van der Waals surface area contributed by atoms with Crippen molar-refractivity contribution in [3.63, 3.8) is 0 Å². The second-order valence-electron chi connectivity index (χ2n) is 5.15. The highest BCUT2D eigenvalue weighted by molar-refractivity contribution is 9.10. The fourth-order valence-electron chi connectivity index (χ4n) is 2.41. The second-order valence-corrected chi connectivity index (χ2v) is 6.01. The van der Waals surface area contributed by atoms with Crippen molar-refractivity contribution in [3.05, 3.63) is 32.8 Å². The summed E-state index contributed by atoms with van der Waals surface area (Å²) in [6.07, 6.45) is 4.71. The minimum atomic E-state index is -0.478. The van der Waals surface area contributed by atoms with Crippen LogP contribution in [0, 0.1) is 10.1 Å². The highest BCUT2D eigenvalue weighted by Gasteiger charge is 2.15. The number of carbonyl (C=O) groups is 1. The first kappa shape index (κ1) is 15.9. The topological polar surface area (TPSA) is 84.3 Å². The van der Waals surface area contributed by atoms with E-state index in [1.807, 2.05) is 0 Å². The number of nitro benzene ring substituents is 1. The van der Waals surface area contributed by atoms with Crippen molar-refractivity contribution in [3.8, 4) is 0 Å². The predicted octanol–water partition coefficient (Wildman–Crippen LogP) is 3.22. The molecule has 0 aromatic heterocycles. The number of benzene rings is 1. The van der Waals surface area contributed by atoms with Crippen LogP contribution in [-0.4, -0.2) is 23.4 Å². The van der Waals surface area contributed by atoms with Crippen LogP contribution in [0.4, 0.5) is 11.4 Å². The molecule has 1 unspecified atom stereocenters. The zero-order chi connectivity index (χ0) is 15.2. The maximum atomic E-state index is 12.0. The molecular formula is C14H18BrN3O3. The van der Waals surface area contributed by atoms with Crippen LogP contribution >= 0.6 is 15.9 Å². The van der Waals surface area contributed by atoms with Crippen molar-refractivity contribution in [2.45, 2.75) is 38.1 Å². The predicted molar refractivity (Wildman–Crippen MR) is 84.3 cm³/mol. The van der Waals surface area contributed by atoms with E-state index >= 15 is 0 Å². The van der Waals surface area contributed by atoms with E-state index in [1.165, 1.54) is 25.0 Å². The molecule has 0 aliphatic carbocycles. The maximum absolute atomic E-state index is 12.0. The molecule has 1 saturated heterocycles. The molecule has 6 nitrogen and oxygen atoms in total. The Kier molecular flexibility index (Phi) is 5.69. The van der Waals surface area contributed by atoms with Gasteiger partial charge in [0.15, 0.2) is 0 Å². The molecule has 1 aliphatic heterocycles. The van der Waals surface area contributed by atoms with Crippen molar-refractivity contribution < 1.29 is 9.72 Å². The molecule has 1 heterocycles. The molecule has 0 radical (unpaired) electrons. The van der Waals surface area contributed by atoms with E-state index in [4.69, 9.17) is 0 Å². The number of anilines is 1. The lowest BCUT2D eigenvalue weighted by Crippen LogP contribution is -2.34. The van der Waals surface area contributed by atoms with Gasteiger partial charge in [-0.3, -0.25) is 14.9 Å². The summed E-state index contributed by atoms with van der Waals surface area (Å²) in [6.45, 7) is 1.02. The number of rotatable bonds is 5. The highest BCUT2D eigenvalue weighted by atomic mass is 79.9. The molecule has 0 saturated carbocycles. The number of hydrogen-bond donors (Lipinski definition) is 2. The summed E-state index contributed by atoms with van der Waals surface area (Å²) in [5.41, 5.74) is 0.397. The van der Waals surface area contributed by atoms with Crippen molar-refractivity contribution in [2.24, 2.45) is 0 Å². The van der Waals surface area contributed by atoms with Crippen LogP contribution in [0.2, 0.25) is 0 Å². The summed E-state index contributed by atoms with van der Waals surface area (Å²) >= 11 is 3.29. The lowest BCUT2D eigenvalue weighted by Gasteiger charge is -2.23. The maximum Gasteiger partial charge on any atom is 0.271 e. The SMILES string of the molecule is O=C(CCC1CCCCN1)Nc1cc([N+](=O)[O-])ccc1Br. The molecular weight excluding hydrogens is 338 g/mol. The van der Waals surface area contributed by atoms with E-state index in [0.29, 0.717) is 22.6 Å². The van der Waals surface area contributed by atoms with E-state index in [0.717, 1.165) is 19.4 Å². The number of halogens is 1. The van der Waals surface area contributed by atoms with Crippen LogP contribution in [0.5, 0.6) is 0 Å². The third-order valence-corrected chi connectivity index (χ3v) is 4.26. The van der Waals surface area contributed by atoms with Gasteiger partial charge in [-0.05, 0) is 47.8 Å². The molecule has 1 amide bonds. The average molecular weight is 356 g/mol. The zero-order valence-electron chi connectivity index (χ0n) is 11.6. The van der Waals surface area contributed by atoms with Crippen LogP contribution in [-0.2, 0) is 4.79 Å². The molecule has 21 heavy (non-hydrogen) atoms. The lowest BCUT2D eigenvalue weighted by molar-refractivity contribution is -0.384. The summed E-state index contributed by atoms with van der Waals surface area (Å²) in [7, 11) is 0. The molecule has 1 aromatic carbocycles. The highest BCUT2D eigenvalue weighted by Crippen LogP contribution is 2.27. The third kappa shape index (κ3) is 4.78. The van der Waals surface area contributed by atoms with E-state index in [9.17, 15) is 14.9 Å². The van der Waals surface area contributed by atoms with Gasteiger partial charge in [0.25, 0.3) is 5.69 Å². The number of nitro groups is 1. The lowest BCUT2D eigenvalue weighted by atomic mass is 10.0. The first-order valence-electron chi connectivity index (χ1n) is 7.03. The third-order valence-electron chi connectivity index (χ3n) is 3.57. The molecule has 114 valence electrons. The summed E-state index contributed by atoms with van der Waals surface area (Å²) < 4.78 is 0.636. The molecule has 1 aliphatic rings. The van der Waals surface area contributed by atoms with Crippen LogP contribution < -0.4 is 10.6 Å². The van der Waals surface area contributed by atoms with Gasteiger partial charge in [0.1, 0.15) is 0 Å². The Hall–Kier alpha value is -1.47. The largest absolute Gasteiger partial charge is 0.325 e. The molecule has 0 spiro atoms. The number of nitrogens with one attached hydrogen (secondary N) is 2. The molecule has 1 aromatic rings. The zero-order valence-corrected chi connectivity index (χ0v) is 13.2. The Morgan fingerprint density at radius 1 is 1.48 bits per heavy atom. The van der Waals surface area contributed by atoms with Crippen LogP contribution in [0.15, 0.2) is 22.7 Å². The summed E-state index contributed by atoms with van der Waals surface area (Å²) in [5.74, 6) is -0.122. The van der Waals surface area contributed by atoms with Gasteiger partial charge < -0.3 is 10.6 Å². The van der Waals surface area contributed by atoms with Crippen molar-refractivity contribution in [1.82, 2.24) is 5.32 Å². The number of piperidine rings is 1. The fourth-order valence-corrected chi connectivity index (χ4v) is 2.76. The van der Waals surface area contributed by atoms with E-state index in [1.54, 1.807) is 6.07 Å². The standard InChI is InChI=1S/C14H18BrN3O3/c15-12-6-5-11(18(20)21)9-13(12)17-14(19)7-4-10-3-1-2-8-16-10/h5-6,9-10,16H,1-4,7-8H2,(H,17,19). The normalized spacial score (nSPS) is 18.2. The summed E-state index contributed by atoms with van der Waals surface area (Å²) in [5, 5.41) is 16.9. The Morgan fingerprint density at radius 2 is 2.29 bits per heavy atom. The van der Waals surface area contributed by atoms with Crippen molar-refractivity contribution in [1.29, 1.82) is 0 Å². The van der Waals surface area contributed by atoms with E-state index in [-0.39, 0.29) is 11.6 Å². The quantitative estimate of drug-likeness (QED) is 0.627. The van der Waals surface area contributed by atoms with Gasteiger partial charge in [-0.15, -0.1) is 0 Å². The fraction of sp³-hybridized carbons (Fsp3) is 0.500. The minimum absolute atomic E-state index is 0.0394. The van der Waals surface area contributed by atoms with Gasteiger partial charge in [-0.2, -0.15) is 0 Å². The van der Waals surface area contributed by atoms with Crippen molar-refractivity contribution in [2.75, 3.05) is 11.9 Å². The number of hydrogen-bond acceptors (Lipinski definition) is 4. The van der Waals surface area contributed by atoms with Crippen LogP contribution in [0.25, 0.3) is 0 Å². The molecule has 2 rings (SSSR count). The van der Waals surface area contributed by atoms with Crippen molar-refractivity contribution >= 4 is 33.2 Å². The van der Waals surface area contributed by atoms with Gasteiger partial charge in [0, 0.05) is 29.1 Å². The van der Waals surface area contributed by atoms with Gasteiger partial charge in [-0.1, -0.05) is 6.42 Å². The smallest absolute Gasteiger partial charge is 0.271 e. The second kappa shape index (κ2) is 7.51. The average Bonchev–Trinajstić information content (AvgIpc) is 2.48. The Balaban J connectivity index is 1.89. The van der Waals surface area contributed by atoms with Crippen LogP contribution in [0.1, 0.15) is 32.1 Å². The molecule has 1 atom stereocenters. The van der Waals surface area contributed by atoms with Gasteiger partial charge in [0.2, 0.25) is 5.91 Å². The van der Waals surface area contributed by atoms with Gasteiger partial charge in [-0.25, -0.2) is 0 Å². The monoisotopic (exact) mass is 355 g/mol. The van der Waals surface area contributed by atoms with Crippen LogP contribution in [0.3, 0.4) is 0 Å². The number of amides is 1. The Labute approximate surface area is 131 Å². The van der Waals surface area contributed by atoms with E-state index in [2.05, 4.69) is 26.6 Å². The summed E-state index contributed by atoms with van der Waals surface area (Å²) in [6, 6.07) is 4.72. The molecule has 2 N–H and O–H groups in total. The number of non-ortho nitro benzene ring substituents is 1. The Bertz CT molecular complexity index is 530. The van der Waals surface area contributed by atoms with Gasteiger partial charge >= 0.3 is 0 Å². The molecule has 0 bridgehead atoms. The Morgan fingerprint density at radius 3 is 2.95 bits per heavy atom. The summed E-state index contributed by atoms with van der Waals surface area (Å²) in [4.78, 5) is 22.2. The molecule has 1 fully saturated rings.